The second-order valence-electron chi connectivity index (χ2n) is 4.41. The summed E-state index contributed by atoms with van der Waals surface area (Å²) in [5.41, 5.74) is 3.15. The topological polar surface area (TPSA) is 52.4 Å². The maximum absolute atomic E-state index is 10.6. The fourth-order valence-electron chi connectivity index (χ4n) is 1.89. The van der Waals surface area contributed by atoms with Crippen LogP contribution in [-0.4, -0.2) is 4.92 Å². The zero-order valence-electron chi connectivity index (χ0n) is 11.0. The number of aryl methyl sites for hydroxylation is 1. The van der Waals surface area contributed by atoms with Gasteiger partial charge in [0.15, 0.2) is 0 Å². The average molecular weight is 336 g/mol. The van der Waals surface area contributed by atoms with Gasteiger partial charge in [0.25, 0.3) is 5.69 Å². The highest BCUT2D eigenvalue weighted by molar-refractivity contribution is 9.08. The first-order chi connectivity index (χ1) is 9.61. The molecule has 0 fully saturated rings. The van der Waals surface area contributed by atoms with E-state index in [0.29, 0.717) is 6.61 Å². The van der Waals surface area contributed by atoms with E-state index >= 15 is 0 Å². The molecule has 0 aliphatic heterocycles. The minimum absolute atomic E-state index is 0.0887. The summed E-state index contributed by atoms with van der Waals surface area (Å²) in [6, 6.07) is 12.4. The van der Waals surface area contributed by atoms with Crippen LogP contribution in [0.5, 0.6) is 5.75 Å². The maximum Gasteiger partial charge on any atom is 0.269 e. The van der Waals surface area contributed by atoms with Gasteiger partial charge < -0.3 is 4.74 Å². The van der Waals surface area contributed by atoms with Gasteiger partial charge in [-0.1, -0.05) is 34.1 Å². The molecule has 4 nitrogen and oxygen atoms in total. The highest BCUT2D eigenvalue weighted by atomic mass is 79.9. The molecular formula is C15H14BrNO3. The molecule has 20 heavy (non-hydrogen) atoms. The van der Waals surface area contributed by atoms with Crippen LogP contribution in [0.2, 0.25) is 0 Å². The van der Waals surface area contributed by atoms with Crippen molar-refractivity contribution in [2.24, 2.45) is 0 Å². The van der Waals surface area contributed by atoms with Crippen molar-refractivity contribution in [2.75, 3.05) is 0 Å². The number of para-hydroxylation sites is 1. The zero-order valence-corrected chi connectivity index (χ0v) is 12.6. The normalized spacial score (nSPS) is 10.3. The summed E-state index contributed by atoms with van der Waals surface area (Å²) in [5, 5.41) is 11.3. The van der Waals surface area contributed by atoms with E-state index in [4.69, 9.17) is 4.74 Å². The van der Waals surface area contributed by atoms with Gasteiger partial charge in [0.05, 0.1) is 4.92 Å². The Morgan fingerprint density at radius 2 is 1.90 bits per heavy atom. The molecule has 0 saturated carbocycles. The van der Waals surface area contributed by atoms with Crippen LogP contribution >= 0.6 is 15.9 Å². The molecule has 0 amide bonds. The predicted molar refractivity (Wildman–Crippen MR) is 81.2 cm³/mol. The van der Waals surface area contributed by atoms with Crippen molar-refractivity contribution >= 4 is 21.6 Å². The van der Waals surface area contributed by atoms with Gasteiger partial charge in [0, 0.05) is 23.0 Å². The molecule has 0 radical (unpaired) electrons. The number of alkyl halides is 1. The third-order valence-corrected chi connectivity index (χ3v) is 3.57. The Labute approximate surface area is 125 Å². The number of halogens is 1. The van der Waals surface area contributed by atoms with Gasteiger partial charge in [0.1, 0.15) is 12.4 Å². The number of nitro benzene ring substituents is 1. The number of rotatable bonds is 5. The van der Waals surface area contributed by atoms with Gasteiger partial charge in [0.2, 0.25) is 0 Å². The monoisotopic (exact) mass is 335 g/mol. The van der Waals surface area contributed by atoms with Crippen molar-refractivity contribution < 1.29 is 9.66 Å². The number of hydrogen-bond acceptors (Lipinski definition) is 3. The van der Waals surface area contributed by atoms with E-state index in [1.54, 1.807) is 12.1 Å². The second kappa shape index (κ2) is 6.52. The Morgan fingerprint density at radius 3 is 2.50 bits per heavy atom. The third kappa shape index (κ3) is 3.36. The van der Waals surface area contributed by atoms with Gasteiger partial charge in [-0.25, -0.2) is 0 Å². The molecule has 0 aromatic heterocycles. The molecule has 0 saturated heterocycles. The number of ether oxygens (including phenoxy) is 1. The van der Waals surface area contributed by atoms with Crippen LogP contribution in [-0.2, 0) is 11.9 Å². The number of non-ortho nitro benzene ring substituents is 1. The van der Waals surface area contributed by atoms with Crippen molar-refractivity contribution in [3.63, 3.8) is 0 Å². The first-order valence-electron chi connectivity index (χ1n) is 6.12. The molecule has 0 unspecified atom stereocenters. The van der Waals surface area contributed by atoms with Gasteiger partial charge in [-0.3, -0.25) is 10.1 Å². The Hall–Kier alpha value is -1.88. The van der Waals surface area contributed by atoms with Crippen LogP contribution in [0.15, 0.2) is 42.5 Å². The van der Waals surface area contributed by atoms with Crippen molar-refractivity contribution in [1.29, 1.82) is 0 Å². The summed E-state index contributed by atoms with van der Waals surface area (Å²) in [6.45, 7) is 2.39. The predicted octanol–water partition coefficient (Wildman–Crippen LogP) is 4.38. The largest absolute Gasteiger partial charge is 0.488 e. The summed E-state index contributed by atoms with van der Waals surface area (Å²) >= 11 is 3.44. The minimum Gasteiger partial charge on any atom is -0.488 e. The van der Waals surface area contributed by atoms with Crippen LogP contribution in [0.1, 0.15) is 16.7 Å². The first kappa shape index (κ1) is 14.5. The summed E-state index contributed by atoms with van der Waals surface area (Å²) < 4.78 is 5.85. The lowest BCUT2D eigenvalue weighted by Gasteiger charge is -2.12. The molecule has 0 heterocycles. The molecule has 0 atom stereocenters. The van der Waals surface area contributed by atoms with E-state index in [0.717, 1.165) is 27.8 Å². The van der Waals surface area contributed by atoms with E-state index in [-0.39, 0.29) is 5.69 Å². The van der Waals surface area contributed by atoms with Crippen molar-refractivity contribution in [3.8, 4) is 5.75 Å². The summed E-state index contributed by atoms with van der Waals surface area (Å²) in [6.07, 6.45) is 0. The molecule has 104 valence electrons. The average Bonchev–Trinajstić information content (AvgIpc) is 2.46. The molecule has 0 bridgehead atoms. The molecular weight excluding hydrogens is 322 g/mol. The van der Waals surface area contributed by atoms with E-state index in [1.165, 1.54) is 12.1 Å². The smallest absolute Gasteiger partial charge is 0.269 e. The molecule has 0 aliphatic rings. The fraction of sp³-hybridized carbons (Fsp3) is 0.200. The SMILES string of the molecule is Cc1cccc(CBr)c1OCc1ccc([N+](=O)[O-])cc1. The first-order valence-corrected chi connectivity index (χ1v) is 7.24. The highest BCUT2D eigenvalue weighted by Crippen LogP contribution is 2.26. The number of hydrogen-bond donors (Lipinski definition) is 0. The third-order valence-electron chi connectivity index (χ3n) is 2.97. The molecule has 0 aliphatic carbocycles. The molecule has 0 N–H and O–H groups in total. The van der Waals surface area contributed by atoms with Crippen LogP contribution in [0.3, 0.4) is 0 Å². The molecule has 2 rings (SSSR count). The Kier molecular flexibility index (Phi) is 4.74. The van der Waals surface area contributed by atoms with Crippen LogP contribution in [0, 0.1) is 17.0 Å². The lowest BCUT2D eigenvalue weighted by atomic mass is 10.1. The van der Waals surface area contributed by atoms with Crippen LogP contribution in [0.25, 0.3) is 0 Å². The van der Waals surface area contributed by atoms with Crippen molar-refractivity contribution in [1.82, 2.24) is 0 Å². The van der Waals surface area contributed by atoms with Gasteiger partial charge in [-0.2, -0.15) is 0 Å². The van der Waals surface area contributed by atoms with E-state index in [9.17, 15) is 10.1 Å². The fourth-order valence-corrected chi connectivity index (χ4v) is 2.34. The molecule has 2 aromatic rings. The summed E-state index contributed by atoms with van der Waals surface area (Å²) in [5.74, 6) is 0.864. The molecule has 5 heteroatoms. The Bertz CT molecular complexity index is 611. The summed E-state index contributed by atoms with van der Waals surface area (Å²) in [4.78, 5) is 10.2. The Morgan fingerprint density at radius 1 is 1.20 bits per heavy atom. The number of benzene rings is 2. The Balaban J connectivity index is 2.11. The lowest BCUT2D eigenvalue weighted by molar-refractivity contribution is -0.384. The van der Waals surface area contributed by atoms with Crippen LogP contribution in [0.4, 0.5) is 5.69 Å². The standard InChI is InChI=1S/C15H14BrNO3/c1-11-3-2-4-13(9-16)15(11)20-10-12-5-7-14(8-6-12)17(18)19/h2-8H,9-10H2,1H3. The number of nitrogens with zero attached hydrogens (tertiary/aromatic N) is 1. The van der Waals surface area contributed by atoms with E-state index < -0.39 is 4.92 Å². The molecule has 0 spiro atoms. The van der Waals surface area contributed by atoms with Gasteiger partial charge in [-0.05, 0) is 30.2 Å². The summed E-state index contributed by atoms with van der Waals surface area (Å²) in [7, 11) is 0. The lowest BCUT2D eigenvalue weighted by Crippen LogP contribution is -2.00. The highest BCUT2D eigenvalue weighted by Gasteiger charge is 2.08. The van der Waals surface area contributed by atoms with Crippen LogP contribution < -0.4 is 4.74 Å². The maximum atomic E-state index is 10.6. The van der Waals surface area contributed by atoms with Gasteiger partial charge >= 0.3 is 0 Å². The van der Waals surface area contributed by atoms with Gasteiger partial charge in [-0.15, -0.1) is 0 Å². The van der Waals surface area contributed by atoms with E-state index in [2.05, 4.69) is 15.9 Å². The molecule has 2 aromatic carbocycles. The van der Waals surface area contributed by atoms with Crippen molar-refractivity contribution in [2.45, 2.75) is 18.9 Å². The number of nitro groups is 1. The quantitative estimate of drug-likeness (QED) is 0.463. The zero-order chi connectivity index (χ0) is 14.5. The van der Waals surface area contributed by atoms with E-state index in [1.807, 2.05) is 25.1 Å². The second-order valence-corrected chi connectivity index (χ2v) is 4.97. The van der Waals surface area contributed by atoms with Crippen molar-refractivity contribution in [3.05, 3.63) is 69.3 Å². The minimum atomic E-state index is -0.408.